The molecule has 110 valence electrons. The lowest BCUT2D eigenvalue weighted by Gasteiger charge is -2.19. The summed E-state index contributed by atoms with van der Waals surface area (Å²) in [5.41, 5.74) is 8.36. The number of carbonyl (C=O) groups excluding carboxylic acids is 1. The van der Waals surface area contributed by atoms with Gasteiger partial charge in [-0.1, -0.05) is 19.1 Å². The number of aryl methyl sites for hydroxylation is 2. The minimum atomic E-state index is -0.522. The second-order valence-electron chi connectivity index (χ2n) is 5.08. The Morgan fingerprint density at radius 1 is 1.24 bits per heavy atom. The first kappa shape index (κ1) is 15.0. The molecule has 0 aromatic heterocycles. The van der Waals surface area contributed by atoms with E-state index in [1.807, 2.05) is 24.3 Å². The van der Waals surface area contributed by atoms with Crippen molar-refractivity contribution in [1.29, 1.82) is 0 Å². The van der Waals surface area contributed by atoms with Crippen molar-refractivity contribution in [2.24, 2.45) is 0 Å². The monoisotopic (exact) mass is 286 g/mol. The first-order valence-corrected chi connectivity index (χ1v) is 6.86. The minimum Gasteiger partial charge on any atom is -0.399 e. The van der Waals surface area contributed by atoms with Crippen molar-refractivity contribution in [3.8, 4) is 0 Å². The number of amides is 1. The van der Waals surface area contributed by atoms with Crippen molar-refractivity contribution in [2.45, 2.75) is 20.3 Å². The molecule has 0 aliphatic carbocycles. The molecule has 0 aliphatic rings. The fraction of sp³-hybridized carbons (Fsp3) is 0.235. The van der Waals surface area contributed by atoms with E-state index in [2.05, 4.69) is 6.92 Å². The first-order valence-electron chi connectivity index (χ1n) is 6.86. The number of nitrogen functional groups attached to an aromatic ring is 1. The van der Waals surface area contributed by atoms with Crippen molar-refractivity contribution in [2.75, 3.05) is 17.7 Å². The van der Waals surface area contributed by atoms with Crippen LogP contribution in [0.1, 0.15) is 28.4 Å². The van der Waals surface area contributed by atoms with Crippen molar-refractivity contribution in [1.82, 2.24) is 0 Å². The highest BCUT2D eigenvalue weighted by Gasteiger charge is 2.19. The zero-order valence-electron chi connectivity index (χ0n) is 12.5. The summed E-state index contributed by atoms with van der Waals surface area (Å²) in [5, 5.41) is 0. The SMILES string of the molecule is CCc1ccc(N(C)C(=O)c2cc(N)cc(C)c2F)cc1. The van der Waals surface area contributed by atoms with Gasteiger partial charge in [-0.2, -0.15) is 0 Å². The van der Waals surface area contributed by atoms with Crippen LogP contribution in [0.25, 0.3) is 0 Å². The molecule has 2 rings (SSSR count). The van der Waals surface area contributed by atoms with E-state index < -0.39 is 11.7 Å². The highest BCUT2D eigenvalue weighted by Crippen LogP contribution is 2.22. The van der Waals surface area contributed by atoms with Crippen LogP contribution < -0.4 is 10.6 Å². The predicted octanol–water partition coefficient (Wildman–Crippen LogP) is 3.56. The maximum absolute atomic E-state index is 14.1. The molecule has 0 fully saturated rings. The summed E-state index contributed by atoms with van der Waals surface area (Å²) in [6, 6.07) is 10.5. The van der Waals surface area contributed by atoms with Gasteiger partial charge in [-0.3, -0.25) is 4.79 Å². The molecule has 2 aromatic carbocycles. The molecule has 1 amide bonds. The summed E-state index contributed by atoms with van der Waals surface area (Å²) in [6.07, 6.45) is 0.932. The van der Waals surface area contributed by atoms with Crippen LogP contribution in [0.4, 0.5) is 15.8 Å². The van der Waals surface area contributed by atoms with Gasteiger partial charge in [0.25, 0.3) is 5.91 Å². The van der Waals surface area contributed by atoms with Crippen molar-refractivity contribution < 1.29 is 9.18 Å². The Balaban J connectivity index is 2.34. The van der Waals surface area contributed by atoms with E-state index in [-0.39, 0.29) is 5.56 Å². The van der Waals surface area contributed by atoms with Gasteiger partial charge in [-0.05, 0) is 48.7 Å². The molecule has 0 atom stereocenters. The summed E-state index contributed by atoms with van der Waals surface area (Å²) in [7, 11) is 1.63. The molecule has 2 N–H and O–H groups in total. The molecule has 0 spiro atoms. The first-order chi connectivity index (χ1) is 9.93. The topological polar surface area (TPSA) is 46.3 Å². The Kier molecular flexibility index (Phi) is 4.26. The quantitative estimate of drug-likeness (QED) is 0.877. The van der Waals surface area contributed by atoms with E-state index >= 15 is 0 Å². The second-order valence-corrected chi connectivity index (χ2v) is 5.08. The Bertz CT molecular complexity index is 665. The molecular weight excluding hydrogens is 267 g/mol. The number of rotatable bonds is 3. The van der Waals surface area contributed by atoms with Gasteiger partial charge in [-0.15, -0.1) is 0 Å². The zero-order chi connectivity index (χ0) is 15.6. The van der Waals surface area contributed by atoms with Gasteiger partial charge in [-0.25, -0.2) is 4.39 Å². The fourth-order valence-electron chi connectivity index (χ4n) is 2.21. The van der Waals surface area contributed by atoms with Crippen molar-refractivity contribution >= 4 is 17.3 Å². The van der Waals surface area contributed by atoms with Gasteiger partial charge < -0.3 is 10.6 Å². The number of anilines is 2. The number of nitrogens with zero attached hydrogens (tertiary/aromatic N) is 1. The number of hydrogen-bond acceptors (Lipinski definition) is 2. The maximum atomic E-state index is 14.1. The summed E-state index contributed by atoms with van der Waals surface area (Å²) >= 11 is 0. The summed E-state index contributed by atoms with van der Waals surface area (Å²) in [5.74, 6) is -0.932. The summed E-state index contributed by atoms with van der Waals surface area (Å²) in [4.78, 5) is 13.9. The molecule has 0 unspecified atom stereocenters. The molecule has 0 radical (unpaired) electrons. The number of halogens is 1. The second kappa shape index (κ2) is 5.95. The van der Waals surface area contributed by atoms with Gasteiger partial charge in [0.05, 0.1) is 5.56 Å². The minimum absolute atomic E-state index is 0.00503. The van der Waals surface area contributed by atoms with E-state index in [1.54, 1.807) is 14.0 Å². The fourth-order valence-corrected chi connectivity index (χ4v) is 2.21. The van der Waals surface area contributed by atoms with Crippen LogP contribution in [0.3, 0.4) is 0 Å². The Hall–Kier alpha value is -2.36. The van der Waals surface area contributed by atoms with Crippen LogP contribution in [0.2, 0.25) is 0 Å². The number of benzene rings is 2. The van der Waals surface area contributed by atoms with Crippen LogP contribution >= 0.6 is 0 Å². The van der Waals surface area contributed by atoms with E-state index in [0.717, 1.165) is 12.1 Å². The average molecular weight is 286 g/mol. The normalized spacial score (nSPS) is 10.5. The molecular formula is C17H19FN2O. The van der Waals surface area contributed by atoms with Crippen LogP contribution in [0.15, 0.2) is 36.4 Å². The highest BCUT2D eigenvalue weighted by atomic mass is 19.1. The number of nitrogens with two attached hydrogens (primary N) is 1. The van der Waals surface area contributed by atoms with E-state index in [9.17, 15) is 9.18 Å². The van der Waals surface area contributed by atoms with Crippen molar-refractivity contribution in [3.63, 3.8) is 0 Å². The third kappa shape index (κ3) is 3.05. The zero-order valence-corrected chi connectivity index (χ0v) is 12.5. The van der Waals surface area contributed by atoms with Crippen LogP contribution in [-0.2, 0) is 6.42 Å². The molecule has 4 heteroatoms. The maximum Gasteiger partial charge on any atom is 0.261 e. The Labute approximate surface area is 124 Å². The van der Waals surface area contributed by atoms with E-state index in [1.165, 1.54) is 22.6 Å². The van der Waals surface area contributed by atoms with Gasteiger partial charge in [0.15, 0.2) is 0 Å². The van der Waals surface area contributed by atoms with Crippen LogP contribution in [0, 0.1) is 12.7 Å². The lowest BCUT2D eigenvalue weighted by Crippen LogP contribution is -2.27. The van der Waals surface area contributed by atoms with Crippen LogP contribution in [-0.4, -0.2) is 13.0 Å². The molecule has 0 saturated heterocycles. The third-order valence-corrected chi connectivity index (χ3v) is 3.54. The molecule has 0 bridgehead atoms. The molecule has 0 saturated carbocycles. The van der Waals surface area contributed by atoms with Gasteiger partial charge in [0.1, 0.15) is 5.82 Å². The summed E-state index contributed by atoms with van der Waals surface area (Å²) in [6.45, 7) is 3.66. The number of carbonyl (C=O) groups is 1. The van der Waals surface area contributed by atoms with Crippen molar-refractivity contribution in [3.05, 3.63) is 58.9 Å². The molecule has 2 aromatic rings. The Morgan fingerprint density at radius 2 is 1.86 bits per heavy atom. The molecule has 0 heterocycles. The van der Waals surface area contributed by atoms with E-state index in [4.69, 9.17) is 5.73 Å². The average Bonchev–Trinajstić information content (AvgIpc) is 2.49. The molecule has 21 heavy (non-hydrogen) atoms. The lowest BCUT2D eigenvalue weighted by atomic mass is 10.1. The third-order valence-electron chi connectivity index (χ3n) is 3.54. The van der Waals surface area contributed by atoms with Gasteiger partial charge >= 0.3 is 0 Å². The standard InChI is InChI=1S/C17H19FN2O/c1-4-12-5-7-14(8-6-12)20(3)17(21)15-10-13(19)9-11(2)16(15)18/h5-10H,4,19H2,1-3H3. The Morgan fingerprint density at radius 3 is 2.43 bits per heavy atom. The summed E-state index contributed by atoms with van der Waals surface area (Å²) < 4.78 is 14.1. The lowest BCUT2D eigenvalue weighted by molar-refractivity contribution is 0.0989. The molecule has 0 aliphatic heterocycles. The smallest absolute Gasteiger partial charge is 0.261 e. The van der Waals surface area contributed by atoms with E-state index in [0.29, 0.717) is 11.3 Å². The highest BCUT2D eigenvalue weighted by molar-refractivity contribution is 6.06. The van der Waals surface area contributed by atoms with Gasteiger partial charge in [0.2, 0.25) is 0 Å². The van der Waals surface area contributed by atoms with Gasteiger partial charge in [0, 0.05) is 18.4 Å². The number of hydrogen-bond donors (Lipinski definition) is 1. The molecule has 3 nitrogen and oxygen atoms in total. The van der Waals surface area contributed by atoms with Crippen LogP contribution in [0.5, 0.6) is 0 Å². The largest absolute Gasteiger partial charge is 0.399 e. The predicted molar refractivity (Wildman–Crippen MR) is 84.1 cm³/mol.